The minimum Gasteiger partial charge on any atom is -0.348 e. The van der Waals surface area contributed by atoms with Crippen molar-refractivity contribution in [3.63, 3.8) is 0 Å². The van der Waals surface area contributed by atoms with Crippen molar-refractivity contribution < 1.29 is 9.18 Å². The molecule has 1 unspecified atom stereocenters. The molecule has 0 saturated carbocycles. The van der Waals surface area contributed by atoms with Crippen molar-refractivity contribution in [1.29, 1.82) is 0 Å². The molecule has 1 aliphatic rings. The van der Waals surface area contributed by atoms with E-state index in [1.165, 1.54) is 17.8 Å². The lowest BCUT2D eigenvalue weighted by Crippen LogP contribution is -2.43. The number of carbonyl (C=O) groups is 1. The maximum atomic E-state index is 13.7. The number of benzene rings is 1. The third-order valence-corrected chi connectivity index (χ3v) is 5.12. The lowest BCUT2D eigenvalue weighted by Gasteiger charge is -2.27. The molecule has 3 nitrogen and oxygen atoms in total. The Morgan fingerprint density at radius 1 is 1.65 bits per heavy atom. The van der Waals surface area contributed by atoms with Gasteiger partial charge in [-0.05, 0) is 36.5 Å². The first-order valence-electron chi connectivity index (χ1n) is 6.59. The van der Waals surface area contributed by atoms with Gasteiger partial charge in [0.2, 0.25) is 5.91 Å². The molecule has 1 aromatic rings. The van der Waals surface area contributed by atoms with E-state index in [2.05, 4.69) is 5.32 Å². The normalized spacial score (nSPS) is 19.2. The lowest BCUT2D eigenvalue weighted by molar-refractivity contribution is -0.123. The number of hydrogen-bond donors (Lipinski definition) is 2. The number of carbonyl (C=O) groups excluding carboxylic acids is 1. The summed E-state index contributed by atoms with van der Waals surface area (Å²) in [5.41, 5.74) is 6.73. The zero-order valence-electron chi connectivity index (χ0n) is 11.4. The largest absolute Gasteiger partial charge is 0.348 e. The van der Waals surface area contributed by atoms with Crippen LogP contribution in [0, 0.1) is 5.82 Å². The highest BCUT2D eigenvalue weighted by Crippen LogP contribution is 2.37. The Balaban J connectivity index is 2.05. The molecule has 0 saturated heterocycles. The van der Waals surface area contributed by atoms with E-state index in [-0.39, 0.29) is 17.8 Å². The topological polar surface area (TPSA) is 55.1 Å². The number of hydrogen-bond acceptors (Lipinski definition) is 4. The van der Waals surface area contributed by atoms with Gasteiger partial charge in [0.25, 0.3) is 0 Å². The summed E-state index contributed by atoms with van der Waals surface area (Å²) in [7, 11) is 0. The summed E-state index contributed by atoms with van der Waals surface area (Å²) < 4.78 is 13.7. The number of halogens is 1. The molecule has 2 atom stereocenters. The predicted octanol–water partition coefficient (Wildman–Crippen LogP) is 2.56. The Bertz CT molecular complexity index is 484. The van der Waals surface area contributed by atoms with Gasteiger partial charge in [0, 0.05) is 10.6 Å². The molecule has 1 aliphatic heterocycles. The van der Waals surface area contributed by atoms with Crippen LogP contribution in [-0.4, -0.2) is 29.7 Å². The van der Waals surface area contributed by atoms with Gasteiger partial charge in [-0.2, -0.15) is 11.8 Å². The second-order valence-corrected chi connectivity index (χ2v) is 6.84. The first-order valence-corrected chi connectivity index (χ1v) is 8.97. The fraction of sp³-hybridized carbons (Fsp3) is 0.500. The molecule has 0 radical (unpaired) electrons. The average molecular weight is 314 g/mol. The quantitative estimate of drug-likeness (QED) is 0.877. The molecule has 6 heteroatoms. The number of amides is 1. The summed E-state index contributed by atoms with van der Waals surface area (Å²) in [6.07, 6.45) is 3.45. The van der Waals surface area contributed by atoms with Crippen LogP contribution in [0.4, 0.5) is 4.39 Å². The SMILES string of the molecule is CSCC[C@H](N)C(=O)NC1CCSc2c(F)cccc21. The maximum absolute atomic E-state index is 13.7. The molecule has 0 fully saturated rings. The molecule has 0 aromatic heterocycles. The van der Waals surface area contributed by atoms with Crippen LogP contribution in [0.2, 0.25) is 0 Å². The van der Waals surface area contributed by atoms with Gasteiger partial charge >= 0.3 is 0 Å². The van der Waals surface area contributed by atoms with Crippen molar-refractivity contribution in [3.05, 3.63) is 29.6 Å². The highest BCUT2D eigenvalue weighted by atomic mass is 32.2. The standard InChI is InChI=1S/C14H19FN2OS2/c1-19-7-5-11(16)14(18)17-12-6-8-20-13-9(12)3-2-4-10(13)15/h2-4,11-12H,5-8,16H2,1H3,(H,17,18)/t11-,12?/m0/s1. The number of fused-ring (bicyclic) bond motifs is 1. The molecule has 20 heavy (non-hydrogen) atoms. The molecular formula is C14H19FN2OS2. The van der Waals surface area contributed by atoms with Gasteiger partial charge in [-0.15, -0.1) is 11.8 Å². The van der Waals surface area contributed by atoms with Crippen molar-refractivity contribution in [2.75, 3.05) is 17.8 Å². The molecule has 1 heterocycles. The second-order valence-electron chi connectivity index (χ2n) is 4.74. The Labute approximate surface area is 127 Å². The summed E-state index contributed by atoms with van der Waals surface area (Å²) in [5.74, 6) is 1.31. The Morgan fingerprint density at radius 2 is 2.45 bits per heavy atom. The molecule has 0 aliphatic carbocycles. The molecule has 3 N–H and O–H groups in total. The Morgan fingerprint density at radius 3 is 3.20 bits per heavy atom. The van der Waals surface area contributed by atoms with Crippen LogP contribution in [0.25, 0.3) is 0 Å². The number of nitrogens with two attached hydrogens (primary N) is 1. The second kappa shape index (κ2) is 7.33. The van der Waals surface area contributed by atoms with Gasteiger partial charge in [-0.3, -0.25) is 4.79 Å². The lowest BCUT2D eigenvalue weighted by atomic mass is 10.0. The molecule has 2 rings (SSSR count). The first-order chi connectivity index (χ1) is 9.63. The van der Waals surface area contributed by atoms with E-state index in [0.717, 1.165) is 23.5 Å². The van der Waals surface area contributed by atoms with E-state index in [1.54, 1.807) is 17.8 Å². The Hall–Kier alpha value is -0.720. The van der Waals surface area contributed by atoms with Crippen molar-refractivity contribution in [3.8, 4) is 0 Å². The van der Waals surface area contributed by atoms with Gasteiger partial charge < -0.3 is 11.1 Å². The van der Waals surface area contributed by atoms with E-state index in [9.17, 15) is 9.18 Å². The summed E-state index contributed by atoms with van der Waals surface area (Å²) in [5, 5.41) is 2.96. The maximum Gasteiger partial charge on any atom is 0.237 e. The van der Waals surface area contributed by atoms with Crippen molar-refractivity contribution in [1.82, 2.24) is 5.32 Å². The minimum absolute atomic E-state index is 0.130. The zero-order chi connectivity index (χ0) is 14.5. The van der Waals surface area contributed by atoms with Gasteiger partial charge in [0.05, 0.1) is 12.1 Å². The van der Waals surface area contributed by atoms with Crippen LogP contribution in [0.5, 0.6) is 0 Å². The number of thioether (sulfide) groups is 2. The van der Waals surface area contributed by atoms with Crippen LogP contribution in [0.1, 0.15) is 24.4 Å². The fourth-order valence-electron chi connectivity index (χ4n) is 2.19. The van der Waals surface area contributed by atoms with Gasteiger partial charge in [-0.25, -0.2) is 4.39 Å². The highest BCUT2D eigenvalue weighted by molar-refractivity contribution is 7.99. The molecule has 0 bridgehead atoms. The summed E-state index contributed by atoms with van der Waals surface area (Å²) in [6.45, 7) is 0. The molecule has 1 amide bonds. The highest BCUT2D eigenvalue weighted by Gasteiger charge is 2.25. The van der Waals surface area contributed by atoms with Crippen molar-refractivity contribution >= 4 is 29.4 Å². The van der Waals surface area contributed by atoms with Crippen LogP contribution in [0.15, 0.2) is 23.1 Å². The molecular weight excluding hydrogens is 295 g/mol. The number of nitrogens with one attached hydrogen (secondary N) is 1. The first kappa shape index (κ1) is 15.7. The van der Waals surface area contributed by atoms with Crippen LogP contribution in [-0.2, 0) is 4.79 Å². The minimum atomic E-state index is -0.492. The fourth-order valence-corrected chi connectivity index (χ4v) is 3.82. The van der Waals surface area contributed by atoms with Gasteiger partial charge in [-0.1, -0.05) is 12.1 Å². The van der Waals surface area contributed by atoms with Crippen molar-refractivity contribution in [2.24, 2.45) is 5.73 Å². The summed E-state index contributed by atoms with van der Waals surface area (Å²) in [6, 6.07) is 4.40. The molecule has 110 valence electrons. The summed E-state index contributed by atoms with van der Waals surface area (Å²) in [4.78, 5) is 12.7. The van der Waals surface area contributed by atoms with Crippen molar-refractivity contribution in [2.45, 2.75) is 29.8 Å². The third-order valence-electron chi connectivity index (χ3n) is 3.31. The number of rotatable bonds is 5. The molecule has 0 spiro atoms. The van der Waals surface area contributed by atoms with Crippen LogP contribution >= 0.6 is 23.5 Å². The van der Waals surface area contributed by atoms with Gasteiger partial charge in [0.1, 0.15) is 5.82 Å². The predicted molar refractivity (Wildman–Crippen MR) is 83.6 cm³/mol. The Kier molecular flexibility index (Phi) is 5.74. The van der Waals surface area contributed by atoms with E-state index < -0.39 is 6.04 Å². The van der Waals surface area contributed by atoms with E-state index in [0.29, 0.717) is 11.3 Å². The molecule has 1 aromatic carbocycles. The summed E-state index contributed by atoms with van der Waals surface area (Å²) >= 11 is 3.18. The monoisotopic (exact) mass is 314 g/mol. The van der Waals surface area contributed by atoms with E-state index in [4.69, 9.17) is 5.73 Å². The van der Waals surface area contributed by atoms with Gasteiger partial charge in [0.15, 0.2) is 0 Å². The average Bonchev–Trinajstić information content (AvgIpc) is 2.45. The smallest absolute Gasteiger partial charge is 0.237 e. The third kappa shape index (κ3) is 3.68. The van der Waals surface area contributed by atoms with Crippen LogP contribution < -0.4 is 11.1 Å². The van der Waals surface area contributed by atoms with E-state index in [1.807, 2.05) is 12.3 Å². The van der Waals surface area contributed by atoms with Crippen LogP contribution in [0.3, 0.4) is 0 Å². The van der Waals surface area contributed by atoms with E-state index >= 15 is 0 Å². The zero-order valence-corrected chi connectivity index (χ0v) is 13.0.